The summed E-state index contributed by atoms with van der Waals surface area (Å²) in [7, 11) is 0. The smallest absolute Gasteiger partial charge is 0.0726 e. The van der Waals surface area contributed by atoms with E-state index in [1.165, 1.54) is 120 Å². The van der Waals surface area contributed by atoms with Gasteiger partial charge in [-0.3, -0.25) is 0 Å². The molecule has 12 aromatic carbocycles. The summed E-state index contributed by atoms with van der Waals surface area (Å²) >= 11 is 1.90. The molecule has 76 heavy (non-hydrogen) atoms. The Labute approximate surface area is 445 Å². The number of rotatable bonds is 7. The zero-order valence-electron chi connectivity index (χ0n) is 41.4. The second-order valence-corrected chi connectivity index (χ2v) is 21.4. The van der Waals surface area contributed by atoms with Gasteiger partial charge in [-0.2, -0.15) is 0 Å². The van der Waals surface area contributed by atoms with Gasteiger partial charge in [0.25, 0.3) is 0 Å². The highest BCUT2D eigenvalue weighted by Gasteiger charge is 2.51. The number of benzene rings is 12. The molecule has 0 atom stereocenters. The second kappa shape index (κ2) is 16.7. The van der Waals surface area contributed by atoms with Gasteiger partial charge in [-0.1, -0.05) is 212 Å². The highest BCUT2D eigenvalue weighted by Crippen LogP contribution is 2.63. The first kappa shape index (κ1) is 42.9. The second-order valence-electron chi connectivity index (χ2n) is 20.3. The quantitative estimate of drug-likeness (QED) is 0.154. The van der Waals surface area contributed by atoms with Crippen molar-refractivity contribution in [3.8, 4) is 61.3 Å². The number of anilines is 3. The molecule has 0 saturated heterocycles. The molecule has 0 fully saturated rings. The van der Waals surface area contributed by atoms with Gasteiger partial charge in [0.05, 0.1) is 16.4 Å². The largest absolute Gasteiger partial charge is 0.310 e. The molecule has 2 aliphatic rings. The van der Waals surface area contributed by atoms with Crippen molar-refractivity contribution in [1.29, 1.82) is 0 Å². The molecule has 2 aliphatic carbocycles. The summed E-state index contributed by atoms with van der Waals surface area (Å²) in [4.78, 5) is 2.48. The highest BCUT2D eigenvalue weighted by atomic mass is 32.1. The van der Waals surface area contributed by atoms with Gasteiger partial charge in [-0.15, -0.1) is 11.3 Å². The Kier molecular flexibility index (Phi) is 9.45. The SMILES string of the molecule is c1ccc(-c2ccc(N(c3cccc(-c4cc5c6ccccc6n(-c6cccc(-c7ccccc7)c6)c5c5c4sc4ccccc45)c3)c3ccc4c(c3)C3(c5ccccc5-c5ccccc53)c3ccccc3-4)cc2)cc1. The van der Waals surface area contributed by atoms with Crippen LogP contribution in [0.3, 0.4) is 0 Å². The molecular formula is C73H46N2S. The van der Waals surface area contributed by atoms with Gasteiger partial charge in [-0.05, 0) is 139 Å². The maximum atomic E-state index is 2.51. The van der Waals surface area contributed by atoms with Crippen LogP contribution in [0.25, 0.3) is 103 Å². The summed E-state index contributed by atoms with van der Waals surface area (Å²) in [5, 5.41) is 5.04. The van der Waals surface area contributed by atoms with Crippen LogP contribution in [0.15, 0.2) is 279 Å². The normalized spacial score (nSPS) is 12.8. The molecule has 0 radical (unpaired) electrons. The van der Waals surface area contributed by atoms with E-state index in [2.05, 4.69) is 289 Å². The molecule has 0 saturated carbocycles. The van der Waals surface area contributed by atoms with Crippen molar-refractivity contribution < 1.29 is 0 Å². The maximum absolute atomic E-state index is 2.51. The first-order chi connectivity index (χ1) is 37.7. The lowest BCUT2D eigenvalue weighted by Crippen LogP contribution is -2.26. The van der Waals surface area contributed by atoms with Gasteiger partial charge < -0.3 is 9.47 Å². The molecule has 0 N–H and O–H groups in total. The molecular weight excluding hydrogens is 937 g/mol. The molecule has 0 bridgehead atoms. The average molecular weight is 983 g/mol. The van der Waals surface area contributed by atoms with Crippen LogP contribution in [0.5, 0.6) is 0 Å². The molecule has 14 aromatic rings. The lowest BCUT2D eigenvalue weighted by Gasteiger charge is -2.32. The van der Waals surface area contributed by atoms with Gasteiger partial charge in [0, 0.05) is 59.3 Å². The van der Waals surface area contributed by atoms with Crippen LogP contribution in [0.1, 0.15) is 22.3 Å². The van der Waals surface area contributed by atoms with E-state index >= 15 is 0 Å². The Morgan fingerprint density at radius 1 is 0.316 bits per heavy atom. The summed E-state index contributed by atoms with van der Waals surface area (Å²) in [5.41, 5.74) is 24.1. The third kappa shape index (κ3) is 6.21. The minimum absolute atomic E-state index is 0.468. The average Bonchev–Trinajstić information content (AvgIpc) is 4.40. The predicted molar refractivity (Wildman–Crippen MR) is 321 cm³/mol. The molecule has 0 unspecified atom stereocenters. The zero-order valence-corrected chi connectivity index (χ0v) is 42.2. The fraction of sp³-hybridized carbons (Fsp3) is 0.0137. The number of nitrogens with zero attached hydrogens (tertiary/aromatic N) is 2. The van der Waals surface area contributed by atoms with E-state index in [-0.39, 0.29) is 0 Å². The van der Waals surface area contributed by atoms with Crippen LogP contribution in [0, 0.1) is 0 Å². The van der Waals surface area contributed by atoms with Gasteiger partial charge in [0.15, 0.2) is 0 Å². The van der Waals surface area contributed by atoms with Crippen molar-refractivity contribution in [2.45, 2.75) is 5.41 Å². The van der Waals surface area contributed by atoms with Crippen LogP contribution in [-0.2, 0) is 5.41 Å². The fourth-order valence-electron chi connectivity index (χ4n) is 13.2. The molecule has 16 rings (SSSR count). The number of fused-ring (bicyclic) bond motifs is 17. The molecule has 2 aromatic heterocycles. The number of aromatic nitrogens is 1. The Bertz CT molecular complexity index is 4570. The summed E-state index contributed by atoms with van der Waals surface area (Å²) < 4.78 is 5.07. The lowest BCUT2D eigenvalue weighted by molar-refractivity contribution is 0.793. The Balaban J connectivity index is 0.926. The summed E-state index contributed by atoms with van der Waals surface area (Å²) in [6.07, 6.45) is 0. The van der Waals surface area contributed by atoms with E-state index in [0.717, 1.165) is 22.7 Å². The van der Waals surface area contributed by atoms with Gasteiger partial charge >= 0.3 is 0 Å². The lowest BCUT2D eigenvalue weighted by atomic mass is 9.70. The van der Waals surface area contributed by atoms with E-state index in [9.17, 15) is 0 Å². The van der Waals surface area contributed by atoms with Crippen LogP contribution in [-0.4, -0.2) is 4.57 Å². The number of hydrogen-bond donors (Lipinski definition) is 0. The van der Waals surface area contributed by atoms with Crippen LogP contribution in [0.4, 0.5) is 17.1 Å². The topological polar surface area (TPSA) is 8.17 Å². The first-order valence-corrected chi connectivity index (χ1v) is 27.1. The van der Waals surface area contributed by atoms with Crippen molar-refractivity contribution in [3.63, 3.8) is 0 Å². The van der Waals surface area contributed by atoms with E-state index in [1.807, 2.05) is 11.3 Å². The van der Waals surface area contributed by atoms with Gasteiger partial charge in [-0.25, -0.2) is 0 Å². The predicted octanol–water partition coefficient (Wildman–Crippen LogP) is 20.0. The fourth-order valence-corrected chi connectivity index (χ4v) is 14.4. The van der Waals surface area contributed by atoms with E-state index < -0.39 is 5.41 Å². The molecule has 2 heterocycles. The Hall–Kier alpha value is -9.54. The Morgan fingerprint density at radius 3 is 1.55 bits per heavy atom. The third-order valence-corrected chi connectivity index (χ3v) is 17.6. The minimum atomic E-state index is -0.468. The minimum Gasteiger partial charge on any atom is -0.310 e. The van der Waals surface area contributed by atoms with E-state index in [0.29, 0.717) is 0 Å². The van der Waals surface area contributed by atoms with Crippen LogP contribution >= 0.6 is 11.3 Å². The summed E-state index contributed by atoms with van der Waals surface area (Å²) in [6, 6.07) is 104. The van der Waals surface area contributed by atoms with E-state index in [1.54, 1.807) is 0 Å². The molecule has 0 amide bonds. The van der Waals surface area contributed by atoms with Crippen molar-refractivity contribution in [1.82, 2.24) is 4.57 Å². The van der Waals surface area contributed by atoms with Crippen LogP contribution < -0.4 is 4.90 Å². The van der Waals surface area contributed by atoms with Crippen molar-refractivity contribution in [2.75, 3.05) is 4.90 Å². The molecule has 354 valence electrons. The number of thiophene rings is 1. The van der Waals surface area contributed by atoms with Crippen molar-refractivity contribution in [2.24, 2.45) is 0 Å². The monoisotopic (exact) mass is 982 g/mol. The number of hydrogen-bond acceptors (Lipinski definition) is 2. The third-order valence-electron chi connectivity index (χ3n) is 16.4. The van der Waals surface area contributed by atoms with Crippen molar-refractivity contribution >= 4 is 70.4 Å². The first-order valence-electron chi connectivity index (χ1n) is 26.2. The summed E-state index contributed by atoms with van der Waals surface area (Å²) in [5.74, 6) is 0. The maximum Gasteiger partial charge on any atom is 0.0726 e. The van der Waals surface area contributed by atoms with Gasteiger partial charge in [0.1, 0.15) is 0 Å². The van der Waals surface area contributed by atoms with E-state index in [4.69, 9.17) is 0 Å². The molecule has 2 nitrogen and oxygen atoms in total. The molecule has 3 heteroatoms. The standard InChI is InChI=1S/C73H46N2S/c1-3-19-47(20-4-1)49-37-39-52(40-38-49)74(55-41-42-59-58-29-9-14-34-66(58)73(67(59)45-55)64-32-12-7-27-56(64)57-28-8-13-33-65(57)73)53-25-18-24-51(44-53)62-46-63-60-30-10-15-35-68(60)75(54-26-17-23-50(43-54)48-21-5-2-6-22-48)71(63)70-61-31-11-16-36-69(61)76-72(62)70/h1-46H. The number of para-hydroxylation sites is 1. The van der Waals surface area contributed by atoms with Gasteiger partial charge in [0.2, 0.25) is 0 Å². The van der Waals surface area contributed by atoms with Crippen LogP contribution in [0.2, 0.25) is 0 Å². The molecule has 1 spiro atoms. The summed E-state index contributed by atoms with van der Waals surface area (Å²) in [6.45, 7) is 0. The van der Waals surface area contributed by atoms with Crippen molar-refractivity contribution in [3.05, 3.63) is 301 Å². The highest BCUT2D eigenvalue weighted by molar-refractivity contribution is 7.26. The Morgan fingerprint density at radius 2 is 0.842 bits per heavy atom. The zero-order chi connectivity index (χ0) is 49.9. The molecule has 0 aliphatic heterocycles.